The van der Waals surface area contributed by atoms with Crippen LogP contribution in [0.2, 0.25) is 0 Å². The summed E-state index contributed by atoms with van der Waals surface area (Å²) < 4.78 is 0. The zero-order valence-corrected chi connectivity index (χ0v) is 35.7. The first-order chi connectivity index (χ1) is 30.0. The molecule has 1 aliphatic heterocycles. The van der Waals surface area contributed by atoms with Crippen molar-refractivity contribution in [1.82, 2.24) is 0 Å². The van der Waals surface area contributed by atoms with E-state index in [1.54, 1.807) is 11.1 Å². The number of aryl methyl sites for hydroxylation is 1. The smallest absolute Gasteiger partial charge is 0.160 e. The maximum atomic E-state index is 5.45. The molecule has 2 unspecified atom stereocenters. The molecule has 1 heterocycles. The summed E-state index contributed by atoms with van der Waals surface area (Å²) >= 11 is 0. The van der Waals surface area contributed by atoms with Gasteiger partial charge in [-0.3, -0.25) is 0 Å². The van der Waals surface area contributed by atoms with Gasteiger partial charge in [-0.25, -0.2) is 9.98 Å². The van der Waals surface area contributed by atoms with Crippen LogP contribution >= 0.6 is 0 Å². The molecule has 10 rings (SSSR count). The Kier molecular flexibility index (Phi) is 10.5. The van der Waals surface area contributed by atoms with Crippen molar-refractivity contribution in [3.63, 3.8) is 0 Å². The highest BCUT2D eigenvalue weighted by atomic mass is 14.9. The van der Waals surface area contributed by atoms with E-state index in [4.69, 9.17) is 9.98 Å². The van der Waals surface area contributed by atoms with Crippen molar-refractivity contribution >= 4 is 17.2 Å². The van der Waals surface area contributed by atoms with Crippen LogP contribution in [0.3, 0.4) is 0 Å². The molecule has 2 atom stereocenters. The predicted molar refractivity (Wildman–Crippen MR) is 258 cm³/mol. The van der Waals surface area contributed by atoms with Crippen LogP contribution in [0.4, 0.5) is 0 Å². The maximum absolute atomic E-state index is 5.45. The fourth-order valence-corrected chi connectivity index (χ4v) is 10.7. The minimum atomic E-state index is 0.112. The summed E-state index contributed by atoms with van der Waals surface area (Å²) in [6.45, 7) is 6.95. The van der Waals surface area contributed by atoms with Gasteiger partial charge in [0.2, 0.25) is 0 Å². The second-order valence-corrected chi connectivity index (χ2v) is 17.5. The lowest BCUT2D eigenvalue weighted by atomic mass is 9.76. The Hall–Kier alpha value is -6.38. The number of hydrogen-bond donors (Lipinski definition) is 0. The maximum Gasteiger partial charge on any atom is 0.160 e. The topological polar surface area (TPSA) is 24.7 Å². The molecule has 2 aliphatic carbocycles. The van der Waals surface area contributed by atoms with Crippen LogP contribution in [0.1, 0.15) is 103 Å². The second-order valence-electron chi connectivity index (χ2n) is 17.5. The standard InChI is InChI=1S/C59H54N2/c1-4-42(49-28-12-13-29-50(49)52-39-53-51-30-14-15-31-54(51)59(32-16-17-33-59)55(53)34-40(52)3)35-41-20-18-26-47(36-41)56-38-43(5-2)57(45-23-10-7-11-24-45)61-58(60-56)48-27-19-25-46(37-48)44-21-8-6-9-22-44/h6-15,18-31,34,36-39,42-43H,4-5,16-17,32-33,35H2,1-3H3. The van der Waals surface area contributed by atoms with E-state index in [9.17, 15) is 0 Å². The number of fused-ring (bicyclic) bond motifs is 5. The Balaban J connectivity index is 1.01. The molecular weight excluding hydrogens is 737 g/mol. The molecule has 7 aromatic carbocycles. The number of benzene rings is 7. The molecule has 300 valence electrons. The Morgan fingerprint density at radius 1 is 0.541 bits per heavy atom. The highest BCUT2D eigenvalue weighted by molar-refractivity contribution is 6.16. The van der Waals surface area contributed by atoms with Gasteiger partial charge in [0.25, 0.3) is 0 Å². The third-order valence-electron chi connectivity index (χ3n) is 13.9. The number of rotatable bonds is 10. The van der Waals surface area contributed by atoms with Gasteiger partial charge in [-0.1, -0.05) is 178 Å². The molecule has 61 heavy (non-hydrogen) atoms. The molecule has 0 radical (unpaired) electrons. The summed E-state index contributed by atoms with van der Waals surface area (Å²) in [6.07, 6.45) is 10.4. The van der Waals surface area contributed by atoms with E-state index in [2.05, 4.69) is 197 Å². The van der Waals surface area contributed by atoms with Crippen molar-refractivity contribution in [3.05, 3.63) is 220 Å². The summed E-state index contributed by atoms with van der Waals surface area (Å²) in [4.78, 5) is 10.9. The first kappa shape index (κ1) is 38.8. The Morgan fingerprint density at radius 3 is 1.97 bits per heavy atom. The third kappa shape index (κ3) is 7.23. The highest BCUT2D eigenvalue weighted by Crippen LogP contribution is 2.58. The Labute approximate surface area is 362 Å². The molecule has 7 aromatic rings. The van der Waals surface area contributed by atoms with Gasteiger partial charge in [0.1, 0.15) is 0 Å². The normalized spacial score (nSPS) is 16.9. The monoisotopic (exact) mass is 790 g/mol. The van der Waals surface area contributed by atoms with Crippen molar-refractivity contribution in [1.29, 1.82) is 0 Å². The Morgan fingerprint density at radius 2 is 1.20 bits per heavy atom. The van der Waals surface area contributed by atoms with Crippen LogP contribution in [0.15, 0.2) is 186 Å². The average molecular weight is 791 g/mol. The number of amidine groups is 1. The van der Waals surface area contributed by atoms with Gasteiger partial charge in [-0.15, -0.1) is 0 Å². The lowest BCUT2D eigenvalue weighted by Crippen LogP contribution is -2.20. The molecule has 2 heteroatoms. The van der Waals surface area contributed by atoms with E-state index in [0.29, 0.717) is 5.92 Å². The van der Waals surface area contributed by atoms with Crippen molar-refractivity contribution in [2.24, 2.45) is 15.9 Å². The van der Waals surface area contributed by atoms with E-state index in [1.807, 2.05) is 0 Å². The van der Waals surface area contributed by atoms with Gasteiger partial charge in [0, 0.05) is 22.5 Å². The summed E-state index contributed by atoms with van der Waals surface area (Å²) in [5, 5.41) is 0. The van der Waals surface area contributed by atoms with Crippen LogP contribution in [0.25, 0.3) is 39.1 Å². The van der Waals surface area contributed by atoms with Crippen molar-refractivity contribution in [3.8, 4) is 33.4 Å². The SMILES string of the molecule is CCC1C=C(c2cccc(CC(CC)c3ccccc3-c3cc4c(cc3C)C3(CCCC3)c3ccccc3-4)c2)N=C(c2cccc(-c3ccccc3)c2)N=C1c1ccccc1. The number of allylic oxidation sites excluding steroid dienone is 1. The molecule has 2 nitrogen and oxygen atoms in total. The largest absolute Gasteiger partial charge is 0.232 e. The van der Waals surface area contributed by atoms with E-state index in [-0.39, 0.29) is 11.3 Å². The highest BCUT2D eigenvalue weighted by Gasteiger charge is 2.45. The zero-order chi connectivity index (χ0) is 41.3. The van der Waals surface area contributed by atoms with Gasteiger partial charge < -0.3 is 0 Å². The lowest BCUT2D eigenvalue weighted by Gasteiger charge is -2.27. The van der Waals surface area contributed by atoms with E-state index >= 15 is 0 Å². The third-order valence-corrected chi connectivity index (χ3v) is 13.9. The minimum absolute atomic E-state index is 0.112. The molecular formula is C59H54N2. The van der Waals surface area contributed by atoms with Crippen LogP contribution < -0.4 is 0 Å². The predicted octanol–water partition coefficient (Wildman–Crippen LogP) is 15.2. The van der Waals surface area contributed by atoms with Crippen LogP contribution in [-0.4, -0.2) is 11.5 Å². The molecule has 1 saturated carbocycles. The quantitative estimate of drug-likeness (QED) is 0.132. The van der Waals surface area contributed by atoms with Crippen molar-refractivity contribution in [2.75, 3.05) is 0 Å². The van der Waals surface area contributed by atoms with Crippen molar-refractivity contribution < 1.29 is 0 Å². The molecule has 0 amide bonds. The number of hydrogen-bond acceptors (Lipinski definition) is 2. The summed E-state index contributed by atoms with van der Waals surface area (Å²) in [7, 11) is 0. The van der Waals surface area contributed by atoms with E-state index < -0.39 is 0 Å². The average Bonchev–Trinajstić information content (AvgIpc) is 3.85. The summed E-state index contributed by atoms with van der Waals surface area (Å²) in [5.74, 6) is 1.21. The molecule has 3 aliphatic rings. The minimum Gasteiger partial charge on any atom is -0.232 e. The van der Waals surface area contributed by atoms with Gasteiger partial charge in [0.15, 0.2) is 5.84 Å². The number of nitrogens with zero attached hydrogens (tertiary/aromatic N) is 2. The van der Waals surface area contributed by atoms with Gasteiger partial charge in [-0.05, 0) is 136 Å². The van der Waals surface area contributed by atoms with E-state index in [0.717, 1.165) is 58.8 Å². The van der Waals surface area contributed by atoms with Gasteiger partial charge in [0.05, 0.1) is 11.4 Å². The first-order valence-corrected chi connectivity index (χ1v) is 22.6. The van der Waals surface area contributed by atoms with E-state index in [1.165, 1.54) is 70.2 Å². The first-order valence-electron chi connectivity index (χ1n) is 22.6. The van der Waals surface area contributed by atoms with Gasteiger partial charge >= 0.3 is 0 Å². The molecule has 1 spiro atoms. The van der Waals surface area contributed by atoms with Crippen LogP contribution in [0.5, 0.6) is 0 Å². The molecule has 0 aromatic heterocycles. The lowest BCUT2D eigenvalue weighted by molar-refractivity contribution is 0.549. The van der Waals surface area contributed by atoms with Crippen LogP contribution in [-0.2, 0) is 11.8 Å². The molecule has 0 saturated heterocycles. The molecule has 0 N–H and O–H groups in total. The van der Waals surface area contributed by atoms with Gasteiger partial charge in [-0.2, -0.15) is 0 Å². The summed E-state index contributed by atoms with van der Waals surface area (Å²) in [5.41, 5.74) is 20.7. The second kappa shape index (κ2) is 16.6. The number of aliphatic imine (C=N–C) groups is 2. The molecule has 0 bridgehead atoms. The fraction of sp³-hybridized carbons (Fsp3) is 0.220. The van der Waals surface area contributed by atoms with Crippen LogP contribution in [0, 0.1) is 12.8 Å². The Bertz CT molecular complexity index is 2820. The zero-order valence-electron chi connectivity index (χ0n) is 35.7. The fourth-order valence-electron chi connectivity index (χ4n) is 10.7. The summed E-state index contributed by atoms with van der Waals surface area (Å²) in [6, 6.07) is 62.6. The van der Waals surface area contributed by atoms with Crippen molar-refractivity contribution in [2.45, 2.75) is 77.0 Å². The molecule has 1 fully saturated rings.